The van der Waals surface area contributed by atoms with Gasteiger partial charge in [0.2, 0.25) is 11.6 Å². The lowest BCUT2D eigenvalue weighted by atomic mass is 9.83. The number of fused-ring (bicyclic) bond motifs is 3. The summed E-state index contributed by atoms with van der Waals surface area (Å²) in [4.78, 5) is 35.9. The van der Waals surface area contributed by atoms with Crippen LogP contribution in [0.1, 0.15) is 45.2 Å². The van der Waals surface area contributed by atoms with Crippen LogP contribution in [0.4, 0.5) is 0 Å². The third-order valence-electron chi connectivity index (χ3n) is 4.54. The van der Waals surface area contributed by atoms with Crippen molar-refractivity contribution in [2.45, 2.75) is 18.9 Å². The molecule has 1 heterocycles. The van der Waals surface area contributed by atoms with Crippen LogP contribution in [0.5, 0.6) is 5.75 Å². The van der Waals surface area contributed by atoms with Crippen molar-refractivity contribution in [3.8, 4) is 5.75 Å². The second-order valence-electron chi connectivity index (χ2n) is 6.16. The smallest absolute Gasteiger partial charge is 0.229 e. The summed E-state index contributed by atoms with van der Waals surface area (Å²) in [7, 11) is 0. The third-order valence-corrected chi connectivity index (χ3v) is 4.54. The SMILES string of the molecule is CC1(c2ccccc2)C=Cc2c(ccc3c2C(=O)CC(=O)C3=O)O1. The Labute approximate surface area is 138 Å². The van der Waals surface area contributed by atoms with Gasteiger partial charge < -0.3 is 4.74 Å². The Hall–Kier alpha value is -3.01. The summed E-state index contributed by atoms with van der Waals surface area (Å²) in [5.74, 6) is -1.04. The standard InChI is InChI=1S/C20H14O4/c1-20(12-5-3-2-4-6-12)10-9-13-17(24-20)8-7-14-18(13)15(21)11-16(22)19(14)23/h2-10H,11H2,1H3. The van der Waals surface area contributed by atoms with Crippen molar-refractivity contribution in [2.24, 2.45) is 0 Å². The molecule has 0 saturated carbocycles. The summed E-state index contributed by atoms with van der Waals surface area (Å²) in [6, 6.07) is 12.9. The van der Waals surface area contributed by atoms with Gasteiger partial charge in [-0.05, 0) is 30.7 Å². The Bertz CT molecular complexity index is 924. The molecule has 0 bridgehead atoms. The molecule has 0 fully saturated rings. The first-order valence-corrected chi connectivity index (χ1v) is 7.71. The second-order valence-corrected chi connectivity index (χ2v) is 6.16. The van der Waals surface area contributed by atoms with Crippen LogP contribution in [0.15, 0.2) is 48.5 Å². The molecule has 2 aliphatic rings. The topological polar surface area (TPSA) is 60.4 Å². The van der Waals surface area contributed by atoms with Gasteiger partial charge in [-0.25, -0.2) is 0 Å². The van der Waals surface area contributed by atoms with Gasteiger partial charge in [0.05, 0.1) is 6.42 Å². The highest BCUT2D eigenvalue weighted by molar-refractivity contribution is 6.51. The zero-order valence-electron chi connectivity index (χ0n) is 13.0. The van der Waals surface area contributed by atoms with E-state index >= 15 is 0 Å². The minimum atomic E-state index is -0.653. The van der Waals surface area contributed by atoms with Gasteiger partial charge in [0.25, 0.3) is 0 Å². The molecule has 1 aliphatic heterocycles. The number of ketones is 3. The van der Waals surface area contributed by atoms with Gasteiger partial charge in [-0.1, -0.05) is 36.4 Å². The predicted molar refractivity (Wildman–Crippen MR) is 88.2 cm³/mol. The molecule has 24 heavy (non-hydrogen) atoms. The zero-order chi connectivity index (χ0) is 16.9. The van der Waals surface area contributed by atoms with Gasteiger partial charge in [0.1, 0.15) is 11.4 Å². The average molecular weight is 318 g/mol. The van der Waals surface area contributed by atoms with Gasteiger partial charge in [-0.2, -0.15) is 0 Å². The molecule has 0 saturated heterocycles. The Kier molecular flexibility index (Phi) is 3.03. The summed E-state index contributed by atoms with van der Waals surface area (Å²) in [6.45, 7) is 1.94. The van der Waals surface area contributed by atoms with Crippen LogP contribution in [-0.4, -0.2) is 17.3 Å². The van der Waals surface area contributed by atoms with Crippen LogP contribution in [0, 0.1) is 0 Å². The molecule has 0 amide bonds. The molecule has 2 aromatic rings. The Morgan fingerprint density at radius 3 is 2.46 bits per heavy atom. The Balaban J connectivity index is 1.85. The van der Waals surface area contributed by atoms with Gasteiger partial charge in [0, 0.05) is 16.7 Å². The summed E-state index contributed by atoms with van der Waals surface area (Å²) in [6.07, 6.45) is 3.32. The predicted octanol–water partition coefficient (Wildman–Crippen LogP) is 3.35. The largest absolute Gasteiger partial charge is 0.478 e. The van der Waals surface area contributed by atoms with E-state index in [1.165, 1.54) is 6.07 Å². The lowest BCUT2D eigenvalue weighted by Crippen LogP contribution is -2.32. The first-order valence-electron chi connectivity index (χ1n) is 7.71. The van der Waals surface area contributed by atoms with Crippen molar-refractivity contribution < 1.29 is 19.1 Å². The van der Waals surface area contributed by atoms with Gasteiger partial charge in [0.15, 0.2) is 5.78 Å². The molecule has 0 aromatic heterocycles. The summed E-state index contributed by atoms with van der Waals surface area (Å²) < 4.78 is 6.15. The highest BCUT2D eigenvalue weighted by Gasteiger charge is 2.36. The van der Waals surface area contributed by atoms with Gasteiger partial charge in [-0.3, -0.25) is 14.4 Å². The minimum Gasteiger partial charge on any atom is -0.478 e. The number of benzene rings is 2. The van der Waals surface area contributed by atoms with Gasteiger partial charge >= 0.3 is 0 Å². The summed E-state index contributed by atoms with van der Waals surface area (Å²) in [5.41, 5.74) is 1.38. The number of carbonyl (C=O) groups excluding carboxylic acids is 3. The van der Waals surface area contributed by atoms with E-state index in [9.17, 15) is 14.4 Å². The lowest BCUT2D eigenvalue weighted by molar-refractivity contribution is -0.114. The molecule has 4 heteroatoms. The first kappa shape index (κ1) is 14.6. The van der Waals surface area contributed by atoms with E-state index in [1.54, 1.807) is 6.07 Å². The van der Waals surface area contributed by atoms with E-state index in [-0.39, 0.29) is 17.8 Å². The number of carbonyl (C=O) groups is 3. The molecule has 4 nitrogen and oxygen atoms in total. The van der Waals surface area contributed by atoms with E-state index in [1.807, 2.05) is 49.4 Å². The van der Waals surface area contributed by atoms with E-state index in [0.29, 0.717) is 16.9 Å². The van der Waals surface area contributed by atoms with Crippen molar-refractivity contribution in [1.82, 2.24) is 0 Å². The fourth-order valence-corrected chi connectivity index (χ4v) is 3.24. The number of hydrogen-bond acceptors (Lipinski definition) is 4. The normalized spacial score (nSPS) is 22.0. The van der Waals surface area contributed by atoms with Crippen LogP contribution < -0.4 is 4.74 Å². The van der Waals surface area contributed by atoms with Crippen molar-refractivity contribution in [3.05, 3.63) is 70.8 Å². The van der Waals surface area contributed by atoms with Gasteiger partial charge in [-0.15, -0.1) is 0 Å². The molecule has 1 unspecified atom stereocenters. The van der Waals surface area contributed by atoms with Crippen molar-refractivity contribution >= 4 is 23.4 Å². The lowest BCUT2D eigenvalue weighted by Gasteiger charge is -2.33. The van der Waals surface area contributed by atoms with E-state index in [0.717, 1.165) is 5.56 Å². The maximum Gasteiger partial charge on any atom is 0.229 e. The molecule has 1 aliphatic carbocycles. The molecular weight excluding hydrogens is 304 g/mol. The fraction of sp³-hybridized carbons (Fsp3) is 0.150. The number of rotatable bonds is 1. The quantitative estimate of drug-likeness (QED) is 0.597. The zero-order valence-corrected chi connectivity index (χ0v) is 13.0. The Morgan fingerprint density at radius 2 is 1.71 bits per heavy atom. The maximum atomic E-state index is 12.3. The number of Topliss-reactive ketones (excluding diaryl/α,β-unsaturated/α-hetero) is 3. The first-order chi connectivity index (χ1) is 11.5. The van der Waals surface area contributed by atoms with E-state index in [2.05, 4.69) is 0 Å². The molecule has 0 radical (unpaired) electrons. The fourth-order valence-electron chi connectivity index (χ4n) is 3.24. The van der Waals surface area contributed by atoms with Crippen molar-refractivity contribution in [1.29, 1.82) is 0 Å². The minimum absolute atomic E-state index is 0.173. The van der Waals surface area contributed by atoms with Crippen LogP contribution in [-0.2, 0) is 10.4 Å². The van der Waals surface area contributed by atoms with E-state index in [4.69, 9.17) is 4.74 Å². The van der Waals surface area contributed by atoms with Crippen molar-refractivity contribution in [3.63, 3.8) is 0 Å². The molecule has 4 rings (SSSR count). The molecule has 118 valence electrons. The summed E-state index contributed by atoms with van der Waals surface area (Å²) in [5, 5.41) is 0. The van der Waals surface area contributed by atoms with E-state index < -0.39 is 17.2 Å². The highest BCUT2D eigenvalue weighted by atomic mass is 16.5. The number of ether oxygens (including phenoxy) is 1. The number of hydrogen-bond donors (Lipinski definition) is 0. The van der Waals surface area contributed by atoms with Crippen molar-refractivity contribution in [2.75, 3.05) is 0 Å². The maximum absolute atomic E-state index is 12.3. The average Bonchev–Trinajstić information content (AvgIpc) is 2.59. The second kappa shape index (κ2) is 4.99. The van der Waals surface area contributed by atoms with Crippen LogP contribution in [0.3, 0.4) is 0 Å². The monoisotopic (exact) mass is 318 g/mol. The van der Waals surface area contributed by atoms with Crippen LogP contribution in [0.25, 0.3) is 6.08 Å². The Morgan fingerprint density at radius 1 is 0.958 bits per heavy atom. The van der Waals surface area contributed by atoms with Crippen LogP contribution >= 0.6 is 0 Å². The molecule has 2 aromatic carbocycles. The highest BCUT2D eigenvalue weighted by Crippen LogP contribution is 2.40. The molecule has 0 N–H and O–H groups in total. The molecule has 1 atom stereocenters. The summed E-state index contributed by atoms with van der Waals surface area (Å²) >= 11 is 0. The van der Waals surface area contributed by atoms with Crippen LogP contribution in [0.2, 0.25) is 0 Å². The molecule has 0 spiro atoms. The molecular formula is C20H14O4. The third kappa shape index (κ3) is 2.03.